The van der Waals surface area contributed by atoms with Gasteiger partial charge in [-0.1, -0.05) is 25.8 Å². The van der Waals surface area contributed by atoms with Gasteiger partial charge >= 0.3 is 0 Å². The van der Waals surface area contributed by atoms with Crippen molar-refractivity contribution in [1.29, 1.82) is 0 Å². The fraction of sp³-hybridized carbons (Fsp3) is 0.444. The van der Waals surface area contributed by atoms with E-state index < -0.39 is 6.10 Å². The number of rotatable bonds is 3. The van der Waals surface area contributed by atoms with Crippen LogP contribution in [0.4, 0.5) is 11.5 Å². The first-order chi connectivity index (χ1) is 17.8. The molecule has 1 aliphatic heterocycles. The van der Waals surface area contributed by atoms with E-state index in [0.717, 1.165) is 35.9 Å². The fourth-order valence-corrected chi connectivity index (χ4v) is 3.99. The lowest BCUT2D eigenvalue weighted by Gasteiger charge is -2.33. The van der Waals surface area contributed by atoms with Gasteiger partial charge in [0.2, 0.25) is 0 Å². The molecule has 0 aliphatic carbocycles. The van der Waals surface area contributed by atoms with Gasteiger partial charge in [0.25, 0.3) is 5.91 Å². The number of likely N-dealkylation sites (tertiary alicyclic amines) is 1. The van der Waals surface area contributed by atoms with Crippen LogP contribution in [0.25, 0.3) is 11.0 Å². The third kappa shape index (κ3) is 7.05. The standard InChI is InChI=1S/C23H27N7O2.C2H4O.C2H6/c1-14-6-8-17(25-3)11-16(14)7-9-19-20-21(24)26-13-27-22(20)30(28-19)18-5-4-10-29(12-18)23(32)15(2)31;1-2-3;1-2/h6,8,11,13,15,18,25,31H,4-5,10,12H2,1-3H3,(H2,24,26,27);2H,1H3;1-2H3/t15-,18-;;/m1../s1. The molecule has 4 N–H and O–H groups in total. The van der Waals surface area contributed by atoms with Crippen LogP contribution in [0.1, 0.15) is 63.4 Å². The van der Waals surface area contributed by atoms with Crippen molar-refractivity contribution in [3.05, 3.63) is 41.3 Å². The van der Waals surface area contributed by atoms with Crippen LogP contribution in [0.3, 0.4) is 0 Å². The number of carbonyl (C=O) groups excluding carboxylic acids is 2. The number of hydrogen-bond donors (Lipinski definition) is 3. The number of benzene rings is 1. The highest BCUT2D eigenvalue weighted by Crippen LogP contribution is 2.28. The lowest BCUT2D eigenvalue weighted by atomic mass is 10.1. The number of nitrogen functional groups attached to an aromatic ring is 1. The monoisotopic (exact) mass is 507 g/mol. The highest BCUT2D eigenvalue weighted by Gasteiger charge is 2.29. The van der Waals surface area contributed by atoms with Crippen LogP contribution in [0.5, 0.6) is 0 Å². The Balaban J connectivity index is 0.000000898. The molecule has 0 saturated carbocycles. The number of aldehydes is 1. The molecule has 3 heterocycles. The second kappa shape index (κ2) is 13.9. The zero-order valence-corrected chi connectivity index (χ0v) is 22.4. The molecule has 2 aromatic heterocycles. The SMILES string of the molecule is CC.CC=O.CNc1ccc(C)c(C#Cc2nn([C@@H]3CCCN(C(=O)[C@@H](C)O)C3)c3ncnc(N)c23)c1. The Bertz CT molecular complexity index is 1270. The number of aliphatic hydroxyl groups is 1. The summed E-state index contributed by atoms with van der Waals surface area (Å²) in [7, 11) is 1.87. The number of nitrogens with two attached hydrogens (primary N) is 1. The number of aryl methyl sites for hydroxylation is 1. The summed E-state index contributed by atoms with van der Waals surface area (Å²) in [5.74, 6) is 6.41. The van der Waals surface area contributed by atoms with Crippen molar-refractivity contribution in [2.45, 2.75) is 59.6 Å². The van der Waals surface area contributed by atoms with Gasteiger partial charge in [-0.2, -0.15) is 5.10 Å². The van der Waals surface area contributed by atoms with Gasteiger partial charge in [-0.05, 0) is 57.2 Å². The van der Waals surface area contributed by atoms with E-state index in [1.807, 2.05) is 46.0 Å². The van der Waals surface area contributed by atoms with Crippen LogP contribution in [-0.2, 0) is 9.59 Å². The van der Waals surface area contributed by atoms with E-state index in [1.54, 1.807) is 9.58 Å². The van der Waals surface area contributed by atoms with E-state index >= 15 is 0 Å². The molecule has 37 heavy (non-hydrogen) atoms. The van der Waals surface area contributed by atoms with Crippen LogP contribution >= 0.6 is 0 Å². The minimum atomic E-state index is -1.03. The summed E-state index contributed by atoms with van der Waals surface area (Å²) in [5.41, 5.74) is 10.2. The average molecular weight is 508 g/mol. The smallest absolute Gasteiger partial charge is 0.251 e. The van der Waals surface area contributed by atoms with Crippen LogP contribution < -0.4 is 11.1 Å². The van der Waals surface area contributed by atoms with E-state index in [9.17, 15) is 9.90 Å². The van der Waals surface area contributed by atoms with Crippen molar-refractivity contribution in [2.24, 2.45) is 0 Å². The lowest BCUT2D eigenvalue weighted by molar-refractivity contribution is -0.141. The molecule has 10 heteroatoms. The number of hydrogen-bond acceptors (Lipinski definition) is 8. The minimum absolute atomic E-state index is 0.0897. The highest BCUT2D eigenvalue weighted by atomic mass is 16.3. The first kappa shape index (κ1) is 29.3. The summed E-state index contributed by atoms with van der Waals surface area (Å²) in [4.78, 5) is 31.3. The fourth-order valence-electron chi connectivity index (χ4n) is 3.99. The number of fused-ring (bicyclic) bond motifs is 1. The van der Waals surface area contributed by atoms with Gasteiger partial charge in [-0.15, -0.1) is 0 Å². The molecular formula is C27H37N7O3. The number of piperidine rings is 1. The van der Waals surface area contributed by atoms with E-state index in [0.29, 0.717) is 35.6 Å². The second-order valence-electron chi connectivity index (χ2n) is 8.27. The molecule has 10 nitrogen and oxygen atoms in total. The van der Waals surface area contributed by atoms with E-state index in [1.165, 1.54) is 20.2 Å². The first-order valence-corrected chi connectivity index (χ1v) is 12.5. The molecule has 0 spiro atoms. The Morgan fingerprint density at radius 1 is 1.30 bits per heavy atom. The van der Waals surface area contributed by atoms with E-state index in [-0.39, 0.29) is 11.9 Å². The molecule has 198 valence electrons. The normalized spacial score (nSPS) is 15.2. The molecule has 0 bridgehead atoms. The number of anilines is 2. The zero-order valence-electron chi connectivity index (χ0n) is 22.4. The Hall–Kier alpha value is -3.97. The summed E-state index contributed by atoms with van der Waals surface area (Å²) < 4.78 is 1.80. The predicted molar refractivity (Wildman–Crippen MR) is 146 cm³/mol. The molecule has 1 fully saturated rings. The number of aliphatic hydroxyl groups excluding tert-OH is 1. The lowest BCUT2D eigenvalue weighted by Crippen LogP contribution is -2.44. The molecule has 1 aromatic carbocycles. The Labute approximate surface area is 218 Å². The van der Waals surface area contributed by atoms with Crippen molar-refractivity contribution in [1.82, 2.24) is 24.6 Å². The third-order valence-corrected chi connectivity index (χ3v) is 5.77. The van der Waals surface area contributed by atoms with Crippen LogP contribution in [0.2, 0.25) is 0 Å². The van der Waals surface area contributed by atoms with Gasteiger partial charge in [0, 0.05) is 31.4 Å². The highest BCUT2D eigenvalue weighted by molar-refractivity contribution is 5.90. The van der Waals surface area contributed by atoms with Crippen molar-refractivity contribution in [2.75, 3.05) is 31.2 Å². The number of nitrogens with one attached hydrogen (secondary N) is 1. The average Bonchev–Trinajstić information content (AvgIpc) is 3.29. The molecular weight excluding hydrogens is 470 g/mol. The van der Waals surface area contributed by atoms with Crippen molar-refractivity contribution >= 4 is 34.7 Å². The Morgan fingerprint density at radius 3 is 2.65 bits per heavy atom. The summed E-state index contributed by atoms with van der Waals surface area (Å²) in [6, 6.07) is 5.91. The Kier molecular flexibility index (Phi) is 11.0. The van der Waals surface area contributed by atoms with Gasteiger partial charge in [0.05, 0.1) is 11.4 Å². The molecule has 1 amide bonds. The number of amides is 1. The molecule has 2 atom stereocenters. The maximum atomic E-state index is 12.3. The predicted octanol–water partition coefficient (Wildman–Crippen LogP) is 2.93. The second-order valence-corrected chi connectivity index (χ2v) is 8.27. The summed E-state index contributed by atoms with van der Waals surface area (Å²) >= 11 is 0. The third-order valence-electron chi connectivity index (χ3n) is 5.77. The first-order valence-electron chi connectivity index (χ1n) is 12.5. The molecule has 0 radical (unpaired) electrons. The van der Waals surface area contributed by atoms with Gasteiger partial charge in [-0.3, -0.25) is 4.79 Å². The molecule has 4 rings (SSSR count). The van der Waals surface area contributed by atoms with Gasteiger partial charge in [0.15, 0.2) is 5.65 Å². The minimum Gasteiger partial charge on any atom is -0.388 e. The largest absolute Gasteiger partial charge is 0.388 e. The maximum absolute atomic E-state index is 12.3. The van der Waals surface area contributed by atoms with Crippen LogP contribution in [0.15, 0.2) is 24.5 Å². The van der Waals surface area contributed by atoms with Crippen molar-refractivity contribution in [3.8, 4) is 11.8 Å². The Morgan fingerprint density at radius 2 is 2.00 bits per heavy atom. The van der Waals surface area contributed by atoms with Gasteiger partial charge < -0.3 is 25.9 Å². The number of nitrogens with zero attached hydrogens (tertiary/aromatic N) is 5. The molecule has 1 saturated heterocycles. The van der Waals surface area contributed by atoms with Crippen LogP contribution in [0, 0.1) is 18.8 Å². The molecule has 3 aromatic rings. The van der Waals surface area contributed by atoms with Crippen molar-refractivity contribution < 1.29 is 14.7 Å². The van der Waals surface area contributed by atoms with E-state index in [4.69, 9.17) is 15.6 Å². The van der Waals surface area contributed by atoms with Crippen LogP contribution in [-0.4, -0.2) is 68.2 Å². The molecule has 0 unspecified atom stereocenters. The zero-order chi connectivity index (χ0) is 27.5. The summed E-state index contributed by atoms with van der Waals surface area (Å²) in [5, 5.41) is 18.2. The maximum Gasteiger partial charge on any atom is 0.251 e. The van der Waals surface area contributed by atoms with Gasteiger partial charge in [0.1, 0.15) is 30.2 Å². The topological polar surface area (TPSA) is 139 Å². The quantitative estimate of drug-likeness (QED) is 0.363. The number of carbonyl (C=O) groups is 2. The molecule has 1 aliphatic rings. The van der Waals surface area contributed by atoms with Crippen molar-refractivity contribution in [3.63, 3.8) is 0 Å². The van der Waals surface area contributed by atoms with Gasteiger partial charge in [-0.25, -0.2) is 14.6 Å². The summed E-state index contributed by atoms with van der Waals surface area (Å²) in [6.45, 7) is 10.0. The number of aromatic nitrogens is 4. The summed E-state index contributed by atoms with van der Waals surface area (Å²) in [6.07, 6.45) is 2.77. The van der Waals surface area contributed by atoms with E-state index in [2.05, 4.69) is 27.1 Å².